The molecule has 0 radical (unpaired) electrons. The van der Waals surface area contributed by atoms with Crippen LogP contribution < -0.4 is 10.6 Å². The zero-order valence-corrected chi connectivity index (χ0v) is 14.0. The Kier molecular flexibility index (Phi) is 4.40. The van der Waals surface area contributed by atoms with Crippen LogP contribution >= 0.6 is 0 Å². The summed E-state index contributed by atoms with van der Waals surface area (Å²) in [7, 11) is 0. The minimum atomic E-state index is -0.529. The molecular weight excluding hydrogens is 335 g/mol. The predicted octanol–water partition coefficient (Wildman–Crippen LogP) is 2.16. The second-order valence-corrected chi connectivity index (χ2v) is 5.88. The van der Waals surface area contributed by atoms with Crippen molar-refractivity contribution in [2.45, 2.75) is 0 Å². The van der Waals surface area contributed by atoms with Gasteiger partial charge in [-0.05, 0) is 30.3 Å². The SMILES string of the molecule is Nc1ccc(-c2cc(-c3ccc(F)nc3)nc(N3CCOCC3)n2)cn1. The average Bonchev–Trinajstić information content (AvgIpc) is 2.69. The van der Waals surface area contributed by atoms with E-state index in [2.05, 4.69) is 24.8 Å². The van der Waals surface area contributed by atoms with Gasteiger partial charge in [-0.15, -0.1) is 0 Å². The van der Waals surface area contributed by atoms with Gasteiger partial charge in [-0.2, -0.15) is 4.39 Å². The molecule has 0 atom stereocenters. The van der Waals surface area contributed by atoms with Crippen molar-refractivity contribution in [3.8, 4) is 22.5 Å². The predicted molar refractivity (Wildman–Crippen MR) is 95.9 cm³/mol. The third-order valence-electron chi connectivity index (χ3n) is 4.11. The van der Waals surface area contributed by atoms with E-state index in [4.69, 9.17) is 10.5 Å². The van der Waals surface area contributed by atoms with E-state index in [1.165, 1.54) is 12.3 Å². The Morgan fingerprint density at radius 1 is 0.923 bits per heavy atom. The summed E-state index contributed by atoms with van der Waals surface area (Å²) in [6.07, 6.45) is 3.14. The number of nitrogen functional groups attached to an aromatic ring is 1. The number of nitrogens with zero attached hydrogens (tertiary/aromatic N) is 5. The van der Waals surface area contributed by atoms with Gasteiger partial charge in [-0.25, -0.2) is 19.9 Å². The highest BCUT2D eigenvalue weighted by Crippen LogP contribution is 2.26. The number of ether oxygens (including phenoxy) is 1. The van der Waals surface area contributed by atoms with Crippen molar-refractivity contribution in [3.05, 3.63) is 48.7 Å². The van der Waals surface area contributed by atoms with Gasteiger partial charge < -0.3 is 15.4 Å². The normalized spacial score (nSPS) is 14.4. The van der Waals surface area contributed by atoms with Gasteiger partial charge in [0.1, 0.15) is 5.82 Å². The van der Waals surface area contributed by atoms with E-state index in [1.807, 2.05) is 12.1 Å². The van der Waals surface area contributed by atoms with Crippen molar-refractivity contribution in [1.82, 2.24) is 19.9 Å². The van der Waals surface area contributed by atoms with Crippen LogP contribution in [-0.4, -0.2) is 46.2 Å². The summed E-state index contributed by atoms with van der Waals surface area (Å²) in [5.74, 6) is 0.514. The lowest BCUT2D eigenvalue weighted by atomic mass is 10.1. The number of morpholine rings is 1. The number of anilines is 2. The highest BCUT2D eigenvalue weighted by atomic mass is 19.1. The summed E-state index contributed by atoms with van der Waals surface area (Å²) >= 11 is 0. The van der Waals surface area contributed by atoms with Gasteiger partial charge in [0.15, 0.2) is 0 Å². The molecule has 3 aromatic heterocycles. The topological polar surface area (TPSA) is 90.0 Å². The molecule has 8 heteroatoms. The molecule has 0 aliphatic carbocycles. The van der Waals surface area contributed by atoms with Crippen LogP contribution in [0.2, 0.25) is 0 Å². The monoisotopic (exact) mass is 352 g/mol. The second-order valence-electron chi connectivity index (χ2n) is 5.88. The Balaban J connectivity index is 1.80. The van der Waals surface area contributed by atoms with Gasteiger partial charge in [0.2, 0.25) is 11.9 Å². The third-order valence-corrected chi connectivity index (χ3v) is 4.11. The smallest absolute Gasteiger partial charge is 0.226 e. The van der Waals surface area contributed by atoms with Crippen LogP contribution in [0.15, 0.2) is 42.7 Å². The van der Waals surface area contributed by atoms with Crippen molar-refractivity contribution in [2.75, 3.05) is 36.9 Å². The van der Waals surface area contributed by atoms with Gasteiger partial charge in [0.05, 0.1) is 24.6 Å². The summed E-state index contributed by atoms with van der Waals surface area (Å²) in [5.41, 5.74) is 8.60. The van der Waals surface area contributed by atoms with Gasteiger partial charge >= 0.3 is 0 Å². The van der Waals surface area contributed by atoms with Gasteiger partial charge in [0, 0.05) is 36.6 Å². The lowest BCUT2D eigenvalue weighted by Crippen LogP contribution is -2.37. The molecule has 3 aromatic rings. The fraction of sp³-hybridized carbons (Fsp3) is 0.222. The van der Waals surface area contributed by atoms with Crippen molar-refractivity contribution in [2.24, 2.45) is 0 Å². The van der Waals surface area contributed by atoms with Crippen LogP contribution in [0.3, 0.4) is 0 Å². The van der Waals surface area contributed by atoms with E-state index < -0.39 is 5.95 Å². The lowest BCUT2D eigenvalue weighted by molar-refractivity contribution is 0.122. The molecule has 1 fully saturated rings. The molecule has 132 valence electrons. The molecule has 0 amide bonds. The van der Waals surface area contributed by atoms with E-state index in [-0.39, 0.29) is 0 Å². The van der Waals surface area contributed by atoms with Crippen molar-refractivity contribution < 1.29 is 9.13 Å². The number of rotatable bonds is 3. The second kappa shape index (κ2) is 7.01. The molecule has 0 saturated carbocycles. The first kappa shape index (κ1) is 16.3. The molecular formula is C18H17FN6O. The maximum absolute atomic E-state index is 13.2. The molecule has 4 heterocycles. The highest BCUT2D eigenvalue weighted by Gasteiger charge is 2.17. The number of hydrogen-bond acceptors (Lipinski definition) is 7. The summed E-state index contributed by atoms with van der Waals surface area (Å²) < 4.78 is 18.6. The number of pyridine rings is 2. The number of hydrogen-bond donors (Lipinski definition) is 1. The summed E-state index contributed by atoms with van der Waals surface area (Å²) in [6, 6.07) is 8.40. The first-order valence-electron chi connectivity index (χ1n) is 8.25. The molecule has 0 aromatic carbocycles. The average molecular weight is 352 g/mol. The Bertz CT molecular complexity index is 831. The molecule has 1 aliphatic rings. The van der Waals surface area contributed by atoms with Crippen LogP contribution in [0, 0.1) is 5.95 Å². The van der Waals surface area contributed by atoms with E-state index in [1.54, 1.807) is 18.3 Å². The minimum Gasteiger partial charge on any atom is -0.384 e. The standard InChI is InChI=1S/C18H17FN6O/c19-16-3-1-12(10-21-16)14-9-15(13-2-4-17(20)22-11-13)24-18(23-14)25-5-7-26-8-6-25/h1-4,9-11H,5-8H2,(H2,20,22). The Labute approximate surface area is 149 Å². The summed E-state index contributed by atoms with van der Waals surface area (Å²) in [6.45, 7) is 2.68. The first-order chi connectivity index (χ1) is 12.7. The number of nitrogens with two attached hydrogens (primary N) is 1. The molecule has 0 bridgehead atoms. The van der Waals surface area contributed by atoms with Crippen LogP contribution in [-0.2, 0) is 4.74 Å². The molecule has 1 aliphatic heterocycles. The van der Waals surface area contributed by atoms with Crippen LogP contribution in [0.1, 0.15) is 0 Å². The van der Waals surface area contributed by atoms with Crippen LogP contribution in [0.25, 0.3) is 22.5 Å². The maximum atomic E-state index is 13.2. The third kappa shape index (κ3) is 3.45. The summed E-state index contributed by atoms with van der Waals surface area (Å²) in [4.78, 5) is 19.3. The van der Waals surface area contributed by atoms with Crippen LogP contribution in [0.4, 0.5) is 16.2 Å². The maximum Gasteiger partial charge on any atom is 0.226 e. The number of halogens is 1. The fourth-order valence-corrected chi connectivity index (χ4v) is 2.72. The van der Waals surface area contributed by atoms with E-state index in [0.29, 0.717) is 55.0 Å². The zero-order valence-electron chi connectivity index (χ0n) is 14.0. The molecule has 0 spiro atoms. The molecule has 0 unspecified atom stereocenters. The Hall–Kier alpha value is -3.13. The molecule has 26 heavy (non-hydrogen) atoms. The first-order valence-corrected chi connectivity index (χ1v) is 8.25. The van der Waals surface area contributed by atoms with Crippen molar-refractivity contribution in [3.63, 3.8) is 0 Å². The van der Waals surface area contributed by atoms with Crippen molar-refractivity contribution >= 4 is 11.8 Å². The lowest BCUT2D eigenvalue weighted by Gasteiger charge is -2.27. The molecule has 1 saturated heterocycles. The largest absolute Gasteiger partial charge is 0.384 e. The van der Waals surface area contributed by atoms with E-state index in [0.717, 1.165) is 5.56 Å². The fourth-order valence-electron chi connectivity index (χ4n) is 2.72. The molecule has 2 N–H and O–H groups in total. The van der Waals surface area contributed by atoms with Crippen LogP contribution in [0.5, 0.6) is 0 Å². The molecule has 4 rings (SSSR count). The van der Waals surface area contributed by atoms with Crippen molar-refractivity contribution in [1.29, 1.82) is 0 Å². The zero-order chi connectivity index (χ0) is 17.9. The van der Waals surface area contributed by atoms with E-state index >= 15 is 0 Å². The molecule has 7 nitrogen and oxygen atoms in total. The van der Waals surface area contributed by atoms with Gasteiger partial charge in [0.25, 0.3) is 0 Å². The Morgan fingerprint density at radius 3 is 2.15 bits per heavy atom. The quantitative estimate of drug-likeness (QED) is 0.722. The Morgan fingerprint density at radius 2 is 1.58 bits per heavy atom. The van der Waals surface area contributed by atoms with Gasteiger partial charge in [-0.1, -0.05) is 0 Å². The minimum absolute atomic E-state index is 0.444. The highest BCUT2D eigenvalue weighted by molar-refractivity contribution is 5.69. The van der Waals surface area contributed by atoms with E-state index in [9.17, 15) is 4.39 Å². The number of aromatic nitrogens is 4. The summed E-state index contributed by atoms with van der Waals surface area (Å²) in [5, 5.41) is 0. The van der Waals surface area contributed by atoms with Gasteiger partial charge in [-0.3, -0.25) is 0 Å².